The van der Waals surface area contributed by atoms with Crippen molar-refractivity contribution in [2.75, 3.05) is 119 Å². The maximum atomic E-state index is 14.2. The van der Waals surface area contributed by atoms with Crippen LogP contribution in [0.15, 0.2) is 72.8 Å². The summed E-state index contributed by atoms with van der Waals surface area (Å²) in [6.45, 7) is 45.4. The van der Waals surface area contributed by atoms with Gasteiger partial charge in [0.2, 0.25) is 0 Å². The van der Waals surface area contributed by atoms with Gasteiger partial charge >= 0.3 is 0 Å². The summed E-state index contributed by atoms with van der Waals surface area (Å²) in [5.74, 6) is 3.67. The maximum Gasteiger partial charge on any atom is 0.257 e. The summed E-state index contributed by atoms with van der Waals surface area (Å²) in [6.07, 6.45) is 3.58. The van der Waals surface area contributed by atoms with Crippen molar-refractivity contribution in [1.29, 1.82) is 0 Å². The van der Waals surface area contributed by atoms with Crippen LogP contribution in [-0.2, 0) is 99.6 Å². The van der Waals surface area contributed by atoms with Crippen molar-refractivity contribution in [2.45, 2.75) is 208 Å². The maximum absolute atomic E-state index is 14.2. The molecule has 10 rings (SSSR count). The van der Waals surface area contributed by atoms with Gasteiger partial charge in [-0.25, -0.2) is 0 Å². The fraction of sp³-hybridized carbons (Fsp3) is 0.568. The highest BCUT2D eigenvalue weighted by molar-refractivity contribution is 5.78. The van der Waals surface area contributed by atoms with E-state index in [2.05, 4.69) is 208 Å². The van der Waals surface area contributed by atoms with Crippen molar-refractivity contribution in [3.05, 3.63) is 173 Å². The lowest BCUT2D eigenvalue weighted by atomic mass is 9.79. The van der Waals surface area contributed by atoms with Crippen molar-refractivity contribution in [2.24, 2.45) is 11.5 Å². The van der Waals surface area contributed by atoms with Gasteiger partial charge in [0.15, 0.2) is 13.2 Å². The summed E-state index contributed by atoms with van der Waals surface area (Å²) in [4.78, 5) is 28.3. The van der Waals surface area contributed by atoms with Crippen LogP contribution in [0, 0.1) is 0 Å². The predicted octanol–water partition coefficient (Wildman–Crippen LogP) is 14.6. The van der Waals surface area contributed by atoms with E-state index in [1.165, 1.54) is 0 Å². The second-order valence-corrected chi connectivity index (χ2v) is 34.7. The van der Waals surface area contributed by atoms with Gasteiger partial charge in [-0.15, -0.1) is 0 Å². The minimum Gasteiger partial charge on any atom is -0.491 e. The van der Waals surface area contributed by atoms with E-state index in [-0.39, 0.29) is 83.9 Å². The summed E-state index contributed by atoms with van der Waals surface area (Å²) in [5.41, 5.74) is 27.9. The third-order valence-electron chi connectivity index (χ3n) is 19.7. The highest BCUT2D eigenvalue weighted by atomic mass is 16.6. The fourth-order valence-electron chi connectivity index (χ4n) is 13.5. The van der Waals surface area contributed by atoms with Gasteiger partial charge in [-0.2, -0.15) is 0 Å². The Bertz CT molecular complexity index is 3470. The molecule has 4 aliphatic rings. The number of amides is 2. The average Bonchev–Trinajstić information content (AvgIpc) is 0.778. The molecule has 4 aliphatic heterocycles. The summed E-state index contributed by atoms with van der Waals surface area (Å²) in [6, 6.07) is 27.6. The van der Waals surface area contributed by atoms with Gasteiger partial charge < -0.3 is 69.5 Å². The lowest BCUT2D eigenvalue weighted by Crippen LogP contribution is -2.31. The van der Waals surface area contributed by atoms with Crippen LogP contribution in [0.3, 0.4) is 0 Å². The number of nitrogens with two attached hydrogens (primary N) is 2. The van der Waals surface area contributed by atoms with E-state index in [4.69, 9.17) is 58.8 Å². The van der Waals surface area contributed by atoms with Crippen molar-refractivity contribution < 1.29 is 57.0 Å². The molecule has 4 heterocycles. The topological polar surface area (TPSA) is 203 Å². The quantitative estimate of drug-likeness (QED) is 0.0664. The molecule has 6 N–H and O–H groups in total. The van der Waals surface area contributed by atoms with E-state index < -0.39 is 0 Å². The zero-order valence-corrected chi connectivity index (χ0v) is 66.4. The van der Waals surface area contributed by atoms with E-state index in [1.54, 1.807) is 0 Å². The van der Waals surface area contributed by atoms with Crippen LogP contribution in [0.4, 0.5) is 0 Å². The summed E-state index contributed by atoms with van der Waals surface area (Å²) in [5, 5.41) is 6.16. The van der Waals surface area contributed by atoms with E-state index in [0.29, 0.717) is 142 Å². The van der Waals surface area contributed by atoms with E-state index in [0.717, 1.165) is 123 Å². The Morgan fingerprint density at radius 3 is 0.683 bits per heavy atom. The summed E-state index contributed by atoms with van der Waals surface area (Å²) >= 11 is 0. The molecule has 0 atom stereocenters. The van der Waals surface area contributed by atoms with Crippen LogP contribution in [0.1, 0.15) is 238 Å². The number of carbonyl (C=O) groups is 2. The number of rotatable bonds is 12. The van der Waals surface area contributed by atoms with Crippen LogP contribution < -0.4 is 50.5 Å². The largest absolute Gasteiger partial charge is 0.491 e. The molecule has 0 unspecified atom stereocenters. The van der Waals surface area contributed by atoms with Gasteiger partial charge in [0.1, 0.15) is 60.9 Å². The number of ether oxygens (including phenoxy) is 10. The minimum atomic E-state index is -0.339. The first-order valence-corrected chi connectivity index (χ1v) is 38.1. The summed E-state index contributed by atoms with van der Waals surface area (Å²) in [7, 11) is 0. The van der Waals surface area contributed by atoms with Crippen LogP contribution in [0.5, 0.6) is 34.5 Å². The summed E-state index contributed by atoms with van der Waals surface area (Å²) < 4.78 is 69.3. The number of fused-ring (bicyclic) bond motifs is 18. The molecule has 568 valence electrons. The van der Waals surface area contributed by atoms with Crippen molar-refractivity contribution in [3.8, 4) is 34.5 Å². The molecule has 0 radical (unpaired) electrons. The molecule has 0 spiro atoms. The molecule has 0 fully saturated rings. The van der Waals surface area contributed by atoms with Crippen LogP contribution in [0.2, 0.25) is 0 Å². The monoisotopic (exact) mass is 1430 g/mol. The SMILES string of the molecule is CC(C)(C)c1cc2c3c(c1)Cc1cc(C(C)(C)C)cc(c1OCC(=O)NCCCN)Cc1cc(C(C)(C)C)cc4c1OCCOCCOCCOc1c(cc(C(C)(C)C)cc1Cc1cc(C(C)(C)C)cc(c1OCC(=O)NCCCN)Cc1cc(C(C)(C)C)cc(c1OCCOCCOCCO3)C4)C2. The standard InChI is InChI=1S/C88H124N4O12/c1-83(2,3)69-43-57-37-58-44-70(84(4,5)6)48-62-40-67-53-74(88(16,17)18)54-68(82(67)104-56-76(94)92-24-20-22-90)42-64-50-72(86(10,11)12)46-60-38-59-45-71(85(7,8)9)49-63(79(59)101-35-32-98-28-27-96-30-34-100-78(58)62)41-66-52-73(87(13,14)15)51-65(81(66)103-55-75(93)91-23-19-21-89)39-61(47-69)77(57)99-33-29-95-25-26-97-31-36-102-80(60)64/h43-54H,19-42,55-56,89-90H2,1-18H3,(H,91,93)(H,92,94). The van der Waals surface area contributed by atoms with E-state index >= 15 is 0 Å². The molecule has 0 aliphatic carbocycles. The van der Waals surface area contributed by atoms with E-state index in [1.807, 2.05) is 0 Å². The Labute approximate surface area is 622 Å². The smallest absolute Gasteiger partial charge is 0.257 e. The number of hydrogen-bond donors (Lipinski definition) is 4. The highest BCUT2D eigenvalue weighted by Gasteiger charge is 2.32. The first-order valence-electron chi connectivity index (χ1n) is 38.1. The molecule has 0 aromatic heterocycles. The molecule has 2 amide bonds. The molecule has 16 bridgehead atoms. The van der Waals surface area contributed by atoms with Crippen LogP contribution >= 0.6 is 0 Å². The van der Waals surface area contributed by atoms with Gasteiger partial charge in [0.05, 0.1) is 52.9 Å². The number of carbonyl (C=O) groups excluding carboxylic acids is 2. The van der Waals surface area contributed by atoms with Gasteiger partial charge in [0, 0.05) is 51.6 Å². The Morgan fingerprint density at radius 2 is 0.490 bits per heavy atom. The molecule has 104 heavy (non-hydrogen) atoms. The molecular formula is C88H124N4O12. The van der Waals surface area contributed by atoms with Crippen molar-refractivity contribution >= 4 is 11.8 Å². The zero-order valence-electron chi connectivity index (χ0n) is 66.4. The first-order chi connectivity index (χ1) is 49.1. The van der Waals surface area contributed by atoms with Gasteiger partial charge in [0.25, 0.3) is 11.8 Å². The zero-order chi connectivity index (χ0) is 75.4. The Morgan fingerprint density at radius 1 is 0.308 bits per heavy atom. The predicted molar refractivity (Wildman–Crippen MR) is 417 cm³/mol. The Balaban J connectivity index is 1.50. The Kier molecular flexibility index (Phi) is 27.3. The normalized spacial score (nSPS) is 15.7. The van der Waals surface area contributed by atoms with Crippen LogP contribution in [0.25, 0.3) is 0 Å². The molecule has 6 aromatic carbocycles. The number of nitrogens with one attached hydrogen (secondary N) is 2. The lowest BCUT2D eigenvalue weighted by molar-refractivity contribution is -0.123. The van der Waals surface area contributed by atoms with Crippen LogP contribution in [-0.4, -0.2) is 130 Å². The van der Waals surface area contributed by atoms with Crippen molar-refractivity contribution in [3.63, 3.8) is 0 Å². The molecule has 16 nitrogen and oxygen atoms in total. The second kappa shape index (κ2) is 35.0. The van der Waals surface area contributed by atoms with Gasteiger partial charge in [-0.3, -0.25) is 9.59 Å². The fourth-order valence-corrected chi connectivity index (χ4v) is 13.5. The average molecular weight is 1430 g/mol. The number of benzene rings is 6. The molecule has 0 saturated heterocycles. The second-order valence-electron chi connectivity index (χ2n) is 34.7. The lowest BCUT2D eigenvalue weighted by Gasteiger charge is -2.29. The third kappa shape index (κ3) is 22.0. The van der Waals surface area contributed by atoms with Crippen molar-refractivity contribution in [1.82, 2.24) is 10.6 Å². The highest BCUT2D eigenvalue weighted by Crippen LogP contribution is 2.47. The van der Waals surface area contributed by atoms with Gasteiger partial charge in [-0.1, -0.05) is 197 Å². The van der Waals surface area contributed by atoms with E-state index in [9.17, 15) is 9.59 Å². The first kappa shape index (κ1) is 80.9. The molecule has 6 aromatic rings. The Hall–Kier alpha value is -7.18. The number of hydrogen-bond acceptors (Lipinski definition) is 14. The molecule has 16 heteroatoms. The molecular weight excluding hydrogens is 1300 g/mol. The minimum absolute atomic E-state index is 0.224. The van der Waals surface area contributed by atoms with Gasteiger partial charge in [-0.05, 0) is 159 Å². The third-order valence-corrected chi connectivity index (χ3v) is 19.7. The molecule has 0 saturated carbocycles.